The normalized spacial score (nSPS) is 10.6. The molecular weight excluding hydrogens is 226 g/mol. The average molecular weight is 237 g/mol. The number of anilines is 1. The van der Waals surface area contributed by atoms with Gasteiger partial charge in [-0.15, -0.1) is 10.2 Å². The highest BCUT2D eigenvalue weighted by atomic mass is 32.2. The van der Waals surface area contributed by atoms with Crippen LogP contribution in [0.3, 0.4) is 0 Å². The van der Waals surface area contributed by atoms with Gasteiger partial charge >= 0.3 is 0 Å². The largest absolute Gasteiger partial charge is 0.384 e. The van der Waals surface area contributed by atoms with Crippen LogP contribution in [0.5, 0.6) is 0 Å². The second-order valence-corrected chi connectivity index (χ2v) is 4.14. The van der Waals surface area contributed by atoms with Crippen LogP contribution in [-0.4, -0.2) is 30.2 Å². The van der Waals surface area contributed by atoms with Gasteiger partial charge in [-0.3, -0.25) is 0 Å². The molecule has 0 aliphatic heterocycles. The van der Waals surface area contributed by atoms with Crippen molar-refractivity contribution in [3.8, 4) is 0 Å². The second kappa shape index (κ2) is 4.44. The van der Waals surface area contributed by atoms with Gasteiger partial charge in [-0.1, -0.05) is 11.8 Å². The number of thioether (sulfide) groups is 1. The van der Waals surface area contributed by atoms with Crippen molar-refractivity contribution in [3.63, 3.8) is 0 Å². The zero-order valence-corrected chi connectivity index (χ0v) is 9.77. The SMILES string of the molecule is Cc1cc(N)nc(SCc2nnn(C)n2)n1. The minimum absolute atomic E-state index is 0.474. The highest BCUT2D eigenvalue weighted by molar-refractivity contribution is 7.98. The van der Waals surface area contributed by atoms with E-state index < -0.39 is 0 Å². The van der Waals surface area contributed by atoms with E-state index in [1.165, 1.54) is 16.6 Å². The topological polar surface area (TPSA) is 95.4 Å². The van der Waals surface area contributed by atoms with Crippen molar-refractivity contribution >= 4 is 17.6 Å². The van der Waals surface area contributed by atoms with Crippen molar-refractivity contribution in [1.82, 2.24) is 30.2 Å². The summed E-state index contributed by atoms with van der Waals surface area (Å²) in [5.41, 5.74) is 6.47. The van der Waals surface area contributed by atoms with Gasteiger partial charge in [0, 0.05) is 11.8 Å². The van der Waals surface area contributed by atoms with E-state index >= 15 is 0 Å². The molecule has 7 nitrogen and oxygen atoms in total. The number of aromatic nitrogens is 6. The third-order valence-corrected chi connectivity index (χ3v) is 2.58. The Morgan fingerprint density at radius 1 is 1.44 bits per heavy atom. The molecule has 84 valence electrons. The number of hydrogen-bond acceptors (Lipinski definition) is 7. The molecule has 0 aliphatic rings. The first-order valence-electron chi connectivity index (χ1n) is 4.60. The first-order valence-corrected chi connectivity index (χ1v) is 5.59. The van der Waals surface area contributed by atoms with Crippen LogP contribution in [0.15, 0.2) is 11.2 Å². The quantitative estimate of drug-likeness (QED) is 0.601. The highest BCUT2D eigenvalue weighted by Crippen LogP contribution is 2.18. The van der Waals surface area contributed by atoms with E-state index in [1.807, 2.05) is 6.92 Å². The Morgan fingerprint density at radius 2 is 2.25 bits per heavy atom. The van der Waals surface area contributed by atoms with Crippen LogP contribution in [0.2, 0.25) is 0 Å². The first-order chi connectivity index (χ1) is 7.63. The number of hydrogen-bond donors (Lipinski definition) is 1. The zero-order valence-electron chi connectivity index (χ0n) is 8.95. The molecule has 0 unspecified atom stereocenters. The van der Waals surface area contributed by atoms with Crippen LogP contribution < -0.4 is 5.73 Å². The molecule has 0 radical (unpaired) electrons. The zero-order chi connectivity index (χ0) is 11.5. The summed E-state index contributed by atoms with van der Waals surface area (Å²) in [4.78, 5) is 9.77. The maximum Gasteiger partial charge on any atom is 0.190 e. The predicted octanol–water partition coefficient (Wildman–Crippen LogP) is 0.183. The Balaban J connectivity index is 2.04. The van der Waals surface area contributed by atoms with Crippen molar-refractivity contribution in [2.45, 2.75) is 17.8 Å². The summed E-state index contributed by atoms with van der Waals surface area (Å²) < 4.78 is 0. The van der Waals surface area contributed by atoms with Crippen LogP contribution in [0.4, 0.5) is 5.82 Å². The monoisotopic (exact) mass is 237 g/mol. The van der Waals surface area contributed by atoms with Crippen molar-refractivity contribution < 1.29 is 0 Å². The third-order valence-electron chi connectivity index (χ3n) is 1.73. The van der Waals surface area contributed by atoms with Gasteiger partial charge < -0.3 is 5.73 Å². The number of tetrazole rings is 1. The minimum Gasteiger partial charge on any atom is -0.384 e. The molecule has 0 aromatic carbocycles. The highest BCUT2D eigenvalue weighted by Gasteiger charge is 2.05. The summed E-state index contributed by atoms with van der Waals surface area (Å²) in [7, 11) is 1.72. The fraction of sp³-hybridized carbons (Fsp3) is 0.375. The number of rotatable bonds is 3. The Hall–Kier alpha value is -1.70. The molecule has 0 saturated heterocycles. The minimum atomic E-state index is 0.474. The molecule has 2 rings (SSSR count). The molecule has 0 bridgehead atoms. The van der Waals surface area contributed by atoms with E-state index in [0.717, 1.165) is 5.69 Å². The van der Waals surface area contributed by atoms with E-state index in [1.54, 1.807) is 13.1 Å². The lowest BCUT2D eigenvalue weighted by atomic mass is 10.4. The number of aryl methyl sites for hydroxylation is 2. The van der Waals surface area contributed by atoms with Gasteiger partial charge in [0.15, 0.2) is 11.0 Å². The Morgan fingerprint density at radius 3 is 2.88 bits per heavy atom. The number of nitrogens with two attached hydrogens (primary N) is 1. The van der Waals surface area contributed by atoms with E-state index in [-0.39, 0.29) is 0 Å². The molecule has 0 spiro atoms. The molecular formula is C8H11N7S. The lowest BCUT2D eigenvalue weighted by Crippen LogP contribution is -1.97. The summed E-state index contributed by atoms with van der Waals surface area (Å²) in [6.07, 6.45) is 0. The smallest absolute Gasteiger partial charge is 0.190 e. The van der Waals surface area contributed by atoms with E-state index in [4.69, 9.17) is 5.73 Å². The molecule has 0 saturated carbocycles. The summed E-state index contributed by atoms with van der Waals surface area (Å²) in [5, 5.41) is 12.3. The molecule has 0 aliphatic carbocycles. The Bertz CT molecular complexity index is 475. The van der Waals surface area contributed by atoms with Gasteiger partial charge in [0.1, 0.15) is 5.82 Å². The first kappa shape index (κ1) is 10.8. The van der Waals surface area contributed by atoms with Gasteiger partial charge in [0.2, 0.25) is 0 Å². The molecule has 0 fully saturated rings. The van der Waals surface area contributed by atoms with Gasteiger partial charge in [0.05, 0.1) is 12.8 Å². The molecule has 8 heteroatoms. The average Bonchev–Trinajstić information content (AvgIpc) is 2.60. The van der Waals surface area contributed by atoms with Crippen molar-refractivity contribution in [1.29, 1.82) is 0 Å². The lowest BCUT2D eigenvalue weighted by Gasteiger charge is -2.00. The van der Waals surface area contributed by atoms with E-state index in [0.29, 0.717) is 22.6 Å². The predicted molar refractivity (Wildman–Crippen MR) is 59.5 cm³/mol. The number of nitrogen functional groups attached to an aromatic ring is 1. The maximum atomic E-state index is 5.62. The molecule has 2 N–H and O–H groups in total. The maximum absolute atomic E-state index is 5.62. The molecule has 2 aromatic heterocycles. The lowest BCUT2D eigenvalue weighted by molar-refractivity contribution is 0.628. The Labute approximate surface area is 96.5 Å². The molecule has 0 atom stereocenters. The van der Waals surface area contributed by atoms with Crippen molar-refractivity contribution in [2.75, 3.05) is 5.73 Å². The molecule has 0 amide bonds. The van der Waals surface area contributed by atoms with Crippen molar-refractivity contribution in [3.05, 3.63) is 17.6 Å². The van der Waals surface area contributed by atoms with Crippen LogP contribution in [0.25, 0.3) is 0 Å². The summed E-state index contributed by atoms with van der Waals surface area (Å²) in [6.45, 7) is 1.88. The molecule has 16 heavy (non-hydrogen) atoms. The van der Waals surface area contributed by atoms with Crippen LogP contribution in [0.1, 0.15) is 11.5 Å². The molecule has 2 heterocycles. The van der Waals surface area contributed by atoms with Crippen molar-refractivity contribution in [2.24, 2.45) is 7.05 Å². The summed E-state index contributed by atoms with van der Waals surface area (Å²) in [5.74, 6) is 1.70. The van der Waals surface area contributed by atoms with Crippen LogP contribution in [0, 0.1) is 6.92 Å². The fourth-order valence-electron chi connectivity index (χ4n) is 1.14. The second-order valence-electron chi connectivity index (χ2n) is 3.20. The van der Waals surface area contributed by atoms with E-state index in [2.05, 4.69) is 25.4 Å². The van der Waals surface area contributed by atoms with E-state index in [9.17, 15) is 0 Å². The van der Waals surface area contributed by atoms with Crippen LogP contribution in [-0.2, 0) is 12.8 Å². The van der Waals surface area contributed by atoms with Gasteiger partial charge in [0.25, 0.3) is 0 Å². The summed E-state index contributed by atoms with van der Waals surface area (Å²) >= 11 is 1.43. The summed E-state index contributed by atoms with van der Waals surface area (Å²) in [6, 6.07) is 1.73. The van der Waals surface area contributed by atoms with Crippen LogP contribution >= 0.6 is 11.8 Å². The third kappa shape index (κ3) is 2.66. The fourth-order valence-corrected chi connectivity index (χ4v) is 1.89. The standard InChI is InChI=1S/C8H11N7S/c1-5-3-6(9)11-8(10-5)16-4-7-12-14-15(2)13-7/h3H,4H2,1-2H3,(H2,9,10,11). The number of nitrogens with zero attached hydrogens (tertiary/aromatic N) is 6. The Kier molecular flexibility index (Phi) is 3.00. The molecule has 2 aromatic rings. The van der Waals surface area contributed by atoms with Gasteiger partial charge in [-0.25, -0.2) is 9.97 Å². The van der Waals surface area contributed by atoms with Gasteiger partial charge in [-0.2, -0.15) is 4.80 Å². The van der Waals surface area contributed by atoms with Gasteiger partial charge in [-0.05, 0) is 12.1 Å².